The van der Waals surface area contributed by atoms with Crippen LogP contribution in [0.25, 0.3) is 11.3 Å². The van der Waals surface area contributed by atoms with Crippen molar-refractivity contribution in [1.29, 1.82) is 0 Å². The van der Waals surface area contributed by atoms with Gasteiger partial charge in [-0.15, -0.1) is 10.2 Å². The number of urea groups is 1. The molecule has 0 saturated carbocycles. The van der Waals surface area contributed by atoms with E-state index in [0.717, 1.165) is 11.4 Å². The van der Waals surface area contributed by atoms with Crippen molar-refractivity contribution in [1.82, 2.24) is 15.1 Å². The molecule has 0 atom stereocenters. The van der Waals surface area contributed by atoms with Gasteiger partial charge in [0.1, 0.15) is 0 Å². The zero-order valence-electron chi connectivity index (χ0n) is 21.6. The standard InChI is InChI=1S/C26H31N5O6/c1-33-20-8-6-18(16-21(20)34-2)27-26(32)31-12-10-30(11-13-31)24-9-7-19(28-29-24)17-14-22(35-3)25(37-5)23(15-17)36-4/h6-9,14-16H,10-13H2,1-5H3,(H,27,32). The summed E-state index contributed by atoms with van der Waals surface area (Å²) in [7, 11) is 7.84. The van der Waals surface area contributed by atoms with Crippen LogP contribution < -0.4 is 33.9 Å². The smallest absolute Gasteiger partial charge is 0.321 e. The molecule has 1 N–H and O–H groups in total. The molecule has 2 amide bonds. The SMILES string of the molecule is COc1ccc(NC(=O)N2CCN(c3ccc(-c4cc(OC)c(OC)c(OC)c4)nn3)CC2)cc1OC. The number of nitrogens with zero attached hydrogens (tertiary/aromatic N) is 4. The fourth-order valence-corrected chi connectivity index (χ4v) is 4.13. The zero-order chi connectivity index (χ0) is 26.4. The summed E-state index contributed by atoms with van der Waals surface area (Å²) < 4.78 is 26.8. The van der Waals surface area contributed by atoms with Gasteiger partial charge in [0.25, 0.3) is 0 Å². The summed E-state index contributed by atoms with van der Waals surface area (Å²) in [5.74, 6) is 3.52. The van der Waals surface area contributed by atoms with Gasteiger partial charge in [0.05, 0.1) is 41.2 Å². The molecule has 1 aliphatic heterocycles. The third-order valence-corrected chi connectivity index (χ3v) is 6.14. The van der Waals surface area contributed by atoms with E-state index in [1.165, 1.54) is 0 Å². The maximum Gasteiger partial charge on any atom is 0.321 e. The van der Waals surface area contributed by atoms with Gasteiger partial charge in [-0.2, -0.15) is 0 Å². The zero-order valence-corrected chi connectivity index (χ0v) is 21.6. The first-order chi connectivity index (χ1) is 18.0. The third kappa shape index (κ3) is 5.55. The topological polar surface area (TPSA) is 108 Å². The highest BCUT2D eigenvalue weighted by Crippen LogP contribution is 2.40. The minimum absolute atomic E-state index is 0.171. The molecule has 37 heavy (non-hydrogen) atoms. The Balaban J connectivity index is 1.38. The van der Waals surface area contributed by atoms with Crippen LogP contribution >= 0.6 is 0 Å². The molecule has 3 aromatic rings. The van der Waals surface area contributed by atoms with Crippen molar-refractivity contribution in [2.24, 2.45) is 0 Å². The van der Waals surface area contributed by atoms with Crippen molar-refractivity contribution in [2.75, 3.05) is 71.9 Å². The molecule has 0 spiro atoms. The Morgan fingerprint density at radius 3 is 1.92 bits per heavy atom. The van der Waals surface area contributed by atoms with Gasteiger partial charge in [-0.3, -0.25) is 0 Å². The molecule has 196 valence electrons. The largest absolute Gasteiger partial charge is 0.493 e. The highest BCUT2D eigenvalue weighted by atomic mass is 16.5. The lowest BCUT2D eigenvalue weighted by Gasteiger charge is -2.35. The summed E-state index contributed by atoms with van der Waals surface area (Å²) in [6, 6.07) is 12.6. The number of nitrogens with one attached hydrogen (secondary N) is 1. The van der Waals surface area contributed by atoms with Crippen LogP contribution in [0, 0.1) is 0 Å². The number of anilines is 2. The second-order valence-electron chi connectivity index (χ2n) is 8.16. The van der Waals surface area contributed by atoms with Gasteiger partial charge in [-0.05, 0) is 36.4 Å². The summed E-state index contributed by atoms with van der Waals surface area (Å²) in [5.41, 5.74) is 2.11. The number of piperazine rings is 1. The van der Waals surface area contributed by atoms with E-state index < -0.39 is 0 Å². The Morgan fingerprint density at radius 1 is 0.730 bits per heavy atom. The average Bonchev–Trinajstić information content (AvgIpc) is 2.96. The number of ether oxygens (including phenoxy) is 5. The summed E-state index contributed by atoms with van der Waals surface area (Å²) in [4.78, 5) is 16.7. The molecule has 2 aromatic carbocycles. The quantitative estimate of drug-likeness (QED) is 0.488. The number of benzene rings is 2. The van der Waals surface area contributed by atoms with E-state index in [2.05, 4.69) is 20.4 Å². The van der Waals surface area contributed by atoms with Crippen LogP contribution in [-0.4, -0.2) is 82.9 Å². The predicted octanol–water partition coefficient (Wildman–Crippen LogP) is 3.54. The molecule has 1 saturated heterocycles. The molecule has 1 fully saturated rings. The molecule has 1 aliphatic rings. The molecule has 0 aliphatic carbocycles. The number of hydrogen-bond donors (Lipinski definition) is 1. The molecule has 11 nitrogen and oxygen atoms in total. The number of amides is 2. The van der Waals surface area contributed by atoms with Crippen LogP contribution in [0.4, 0.5) is 16.3 Å². The van der Waals surface area contributed by atoms with Crippen molar-refractivity contribution in [3.8, 4) is 40.0 Å². The Kier molecular flexibility index (Phi) is 8.02. The van der Waals surface area contributed by atoms with Crippen LogP contribution in [0.1, 0.15) is 0 Å². The van der Waals surface area contributed by atoms with E-state index >= 15 is 0 Å². The lowest BCUT2D eigenvalue weighted by Crippen LogP contribution is -2.50. The molecule has 0 bridgehead atoms. The number of carbonyl (C=O) groups is 1. The van der Waals surface area contributed by atoms with E-state index in [1.807, 2.05) is 24.3 Å². The molecular weight excluding hydrogens is 478 g/mol. The van der Waals surface area contributed by atoms with E-state index in [9.17, 15) is 4.79 Å². The normalized spacial score (nSPS) is 13.1. The number of rotatable bonds is 8. The van der Waals surface area contributed by atoms with Crippen LogP contribution in [0.3, 0.4) is 0 Å². The molecule has 11 heteroatoms. The maximum atomic E-state index is 12.8. The molecule has 0 unspecified atom stereocenters. The third-order valence-electron chi connectivity index (χ3n) is 6.14. The Bertz CT molecular complexity index is 1200. The van der Waals surface area contributed by atoms with Gasteiger partial charge in [-0.25, -0.2) is 4.79 Å². The summed E-state index contributed by atoms with van der Waals surface area (Å²) >= 11 is 0. The van der Waals surface area contributed by atoms with Crippen molar-refractivity contribution >= 4 is 17.5 Å². The van der Waals surface area contributed by atoms with Crippen molar-refractivity contribution in [3.05, 3.63) is 42.5 Å². The van der Waals surface area contributed by atoms with Crippen LogP contribution in [0.2, 0.25) is 0 Å². The number of hydrogen-bond acceptors (Lipinski definition) is 9. The first-order valence-corrected chi connectivity index (χ1v) is 11.7. The lowest BCUT2D eigenvalue weighted by atomic mass is 10.1. The average molecular weight is 510 g/mol. The number of methoxy groups -OCH3 is 5. The minimum atomic E-state index is -0.171. The minimum Gasteiger partial charge on any atom is -0.493 e. The fourth-order valence-electron chi connectivity index (χ4n) is 4.13. The van der Waals surface area contributed by atoms with Gasteiger partial charge in [0.15, 0.2) is 28.8 Å². The van der Waals surface area contributed by atoms with Crippen LogP contribution in [0.5, 0.6) is 28.7 Å². The van der Waals surface area contributed by atoms with Gasteiger partial charge < -0.3 is 38.8 Å². The Labute approximate surface area is 215 Å². The Hall–Kier alpha value is -4.41. The van der Waals surface area contributed by atoms with E-state index in [0.29, 0.717) is 66.3 Å². The monoisotopic (exact) mass is 509 g/mol. The summed E-state index contributed by atoms with van der Waals surface area (Å²) in [6.45, 7) is 2.37. The second-order valence-corrected chi connectivity index (χ2v) is 8.16. The van der Waals surface area contributed by atoms with Gasteiger partial charge >= 0.3 is 6.03 Å². The Morgan fingerprint density at radius 2 is 1.38 bits per heavy atom. The van der Waals surface area contributed by atoms with Crippen LogP contribution in [0.15, 0.2) is 42.5 Å². The second kappa shape index (κ2) is 11.5. The molecule has 4 rings (SSSR count). The van der Waals surface area contributed by atoms with Gasteiger partial charge in [-0.1, -0.05) is 0 Å². The van der Waals surface area contributed by atoms with Crippen molar-refractivity contribution < 1.29 is 28.5 Å². The van der Waals surface area contributed by atoms with Gasteiger partial charge in [0.2, 0.25) is 5.75 Å². The summed E-state index contributed by atoms with van der Waals surface area (Å²) in [5, 5.41) is 11.8. The van der Waals surface area contributed by atoms with E-state index in [1.54, 1.807) is 58.6 Å². The maximum absolute atomic E-state index is 12.8. The number of aromatic nitrogens is 2. The molecular formula is C26H31N5O6. The van der Waals surface area contributed by atoms with E-state index in [4.69, 9.17) is 23.7 Å². The van der Waals surface area contributed by atoms with Crippen molar-refractivity contribution in [2.45, 2.75) is 0 Å². The predicted molar refractivity (Wildman–Crippen MR) is 139 cm³/mol. The van der Waals surface area contributed by atoms with Crippen molar-refractivity contribution in [3.63, 3.8) is 0 Å². The molecule has 1 aromatic heterocycles. The molecule has 2 heterocycles. The highest BCUT2D eigenvalue weighted by Gasteiger charge is 2.23. The lowest BCUT2D eigenvalue weighted by molar-refractivity contribution is 0.208. The van der Waals surface area contributed by atoms with E-state index in [-0.39, 0.29) is 6.03 Å². The fraction of sp³-hybridized carbons (Fsp3) is 0.346. The molecule has 0 radical (unpaired) electrons. The highest BCUT2D eigenvalue weighted by molar-refractivity contribution is 5.90. The van der Waals surface area contributed by atoms with Gasteiger partial charge in [0, 0.05) is 43.5 Å². The first-order valence-electron chi connectivity index (χ1n) is 11.7. The number of carbonyl (C=O) groups excluding carboxylic acids is 1. The van der Waals surface area contributed by atoms with Crippen LogP contribution in [-0.2, 0) is 0 Å². The summed E-state index contributed by atoms with van der Waals surface area (Å²) in [6.07, 6.45) is 0. The first kappa shape index (κ1) is 25.7.